The highest BCUT2D eigenvalue weighted by atomic mass is 32.2. The van der Waals surface area contributed by atoms with Crippen molar-refractivity contribution in [3.05, 3.63) is 17.7 Å². The smallest absolute Gasteiger partial charge is 0.119 e. The Morgan fingerprint density at radius 3 is 3.36 bits per heavy atom. The van der Waals surface area contributed by atoms with E-state index in [1.165, 1.54) is 0 Å². The highest BCUT2D eigenvalue weighted by Gasteiger charge is 2.11. The second kappa shape index (κ2) is 2.87. The van der Waals surface area contributed by atoms with Crippen LogP contribution in [0.15, 0.2) is 6.20 Å². The summed E-state index contributed by atoms with van der Waals surface area (Å²) >= 11 is 1.90. The average Bonchev–Trinajstić information content (AvgIpc) is 2.46. The topological polar surface area (TPSA) is 38.0 Å². The third-order valence-corrected chi connectivity index (χ3v) is 2.71. The molecule has 0 spiro atoms. The van der Waals surface area contributed by atoms with Gasteiger partial charge in [-0.15, -0.1) is 0 Å². The van der Waals surface area contributed by atoms with E-state index in [1.54, 1.807) is 0 Å². The van der Waals surface area contributed by atoms with E-state index in [2.05, 4.69) is 9.55 Å². The Labute approximate surface area is 69.4 Å². The lowest BCUT2D eigenvalue weighted by molar-refractivity contribution is 0.277. The van der Waals surface area contributed by atoms with Crippen molar-refractivity contribution < 1.29 is 5.11 Å². The van der Waals surface area contributed by atoms with Crippen LogP contribution in [0.5, 0.6) is 0 Å². The van der Waals surface area contributed by atoms with Crippen LogP contribution in [-0.2, 0) is 18.9 Å². The summed E-state index contributed by atoms with van der Waals surface area (Å²) in [6.45, 7) is 1.09. The van der Waals surface area contributed by atoms with Gasteiger partial charge in [0.2, 0.25) is 0 Å². The van der Waals surface area contributed by atoms with E-state index >= 15 is 0 Å². The number of aryl methyl sites for hydroxylation is 1. The van der Waals surface area contributed by atoms with Gasteiger partial charge in [-0.05, 0) is 0 Å². The monoisotopic (exact) mass is 170 g/mol. The van der Waals surface area contributed by atoms with Crippen LogP contribution in [0.2, 0.25) is 0 Å². The summed E-state index contributed by atoms with van der Waals surface area (Å²) in [5.41, 5.74) is 0.794. The first-order chi connectivity index (χ1) is 5.40. The maximum Gasteiger partial charge on any atom is 0.119 e. The molecule has 2 heterocycles. The highest BCUT2D eigenvalue weighted by Crippen LogP contribution is 2.18. The Bertz CT molecular complexity index is 235. The van der Waals surface area contributed by atoms with E-state index in [0.717, 1.165) is 29.6 Å². The van der Waals surface area contributed by atoms with Crippen LogP contribution in [0.1, 0.15) is 11.5 Å². The minimum absolute atomic E-state index is 0.0602. The molecule has 0 saturated heterocycles. The van der Waals surface area contributed by atoms with Gasteiger partial charge < -0.3 is 9.67 Å². The van der Waals surface area contributed by atoms with E-state index in [9.17, 15) is 0 Å². The van der Waals surface area contributed by atoms with Gasteiger partial charge in [-0.3, -0.25) is 0 Å². The van der Waals surface area contributed by atoms with Crippen molar-refractivity contribution in [3.63, 3.8) is 0 Å². The molecule has 1 aromatic heterocycles. The number of aliphatic hydroxyl groups excluding tert-OH is 1. The number of aromatic nitrogens is 2. The van der Waals surface area contributed by atoms with Crippen LogP contribution in [0.3, 0.4) is 0 Å². The predicted octanol–water partition coefficient (Wildman–Crippen LogP) is 0.622. The molecule has 0 amide bonds. The number of aliphatic hydroxyl groups is 1. The molecular formula is C7H10N2OS. The number of rotatable bonds is 1. The Morgan fingerprint density at radius 1 is 1.73 bits per heavy atom. The van der Waals surface area contributed by atoms with Crippen molar-refractivity contribution in [2.45, 2.75) is 18.9 Å². The van der Waals surface area contributed by atoms with Crippen molar-refractivity contribution >= 4 is 11.8 Å². The molecule has 60 valence electrons. The molecule has 0 atom stereocenters. The number of hydrogen-bond acceptors (Lipinski definition) is 3. The Balaban J connectivity index is 2.32. The molecule has 2 rings (SSSR count). The number of fused-ring (bicyclic) bond motifs is 1. The van der Waals surface area contributed by atoms with Gasteiger partial charge in [-0.25, -0.2) is 4.98 Å². The maximum atomic E-state index is 8.80. The molecule has 1 N–H and O–H groups in total. The lowest BCUT2D eigenvalue weighted by Crippen LogP contribution is -2.09. The molecule has 1 aromatic rings. The van der Waals surface area contributed by atoms with E-state index in [0.29, 0.717) is 0 Å². The lowest BCUT2D eigenvalue weighted by atomic mass is 10.5. The van der Waals surface area contributed by atoms with Gasteiger partial charge >= 0.3 is 0 Å². The number of nitrogens with zero attached hydrogens (tertiary/aromatic N) is 2. The normalized spacial score (nSPS) is 16.5. The first-order valence-electron chi connectivity index (χ1n) is 3.63. The zero-order valence-corrected chi connectivity index (χ0v) is 6.97. The van der Waals surface area contributed by atoms with Crippen LogP contribution in [0.25, 0.3) is 0 Å². The van der Waals surface area contributed by atoms with E-state index in [-0.39, 0.29) is 6.61 Å². The summed E-state index contributed by atoms with van der Waals surface area (Å²) < 4.78 is 2.13. The molecule has 1 aliphatic heterocycles. The van der Waals surface area contributed by atoms with Gasteiger partial charge in [0.25, 0.3) is 0 Å². The molecule has 0 aliphatic carbocycles. The van der Waals surface area contributed by atoms with Gasteiger partial charge in [0.1, 0.15) is 5.82 Å². The lowest BCUT2D eigenvalue weighted by Gasteiger charge is -2.11. The van der Waals surface area contributed by atoms with Gasteiger partial charge in [-0.1, -0.05) is 0 Å². The van der Waals surface area contributed by atoms with Crippen molar-refractivity contribution in [3.8, 4) is 0 Å². The summed E-state index contributed by atoms with van der Waals surface area (Å²) in [5.74, 6) is 3.25. The van der Waals surface area contributed by atoms with E-state index < -0.39 is 0 Å². The van der Waals surface area contributed by atoms with Crippen molar-refractivity contribution in [2.24, 2.45) is 0 Å². The number of thioether (sulfide) groups is 1. The number of hydrogen-bond donors (Lipinski definition) is 1. The Hall–Kier alpha value is -0.480. The highest BCUT2D eigenvalue weighted by molar-refractivity contribution is 7.98. The second-order valence-electron chi connectivity index (χ2n) is 2.55. The standard InChI is InChI=1S/C7H10N2OS/c10-4-6-3-9-1-2-11-5-7(9)8-6/h3,10H,1-2,4-5H2. The molecule has 0 radical (unpaired) electrons. The van der Waals surface area contributed by atoms with Crippen LogP contribution in [-0.4, -0.2) is 20.4 Å². The summed E-state index contributed by atoms with van der Waals surface area (Å²) in [6, 6.07) is 0. The molecule has 1 aliphatic rings. The van der Waals surface area contributed by atoms with Crippen LogP contribution >= 0.6 is 11.8 Å². The van der Waals surface area contributed by atoms with Gasteiger partial charge in [-0.2, -0.15) is 11.8 Å². The Morgan fingerprint density at radius 2 is 2.64 bits per heavy atom. The molecule has 0 saturated carbocycles. The summed E-state index contributed by atoms with van der Waals surface area (Å²) in [7, 11) is 0. The van der Waals surface area contributed by atoms with Crippen molar-refractivity contribution in [1.29, 1.82) is 0 Å². The van der Waals surface area contributed by atoms with Gasteiger partial charge in [0.05, 0.1) is 18.1 Å². The van der Waals surface area contributed by atoms with Crippen LogP contribution < -0.4 is 0 Å². The summed E-state index contributed by atoms with van der Waals surface area (Å²) in [4.78, 5) is 4.26. The van der Waals surface area contributed by atoms with Crippen LogP contribution in [0.4, 0.5) is 0 Å². The first-order valence-corrected chi connectivity index (χ1v) is 4.79. The fourth-order valence-electron chi connectivity index (χ4n) is 1.22. The van der Waals surface area contributed by atoms with Crippen molar-refractivity contribution in [2.75, 3.05) is 5.75 Å². The molecule has 4 heteroatoms. The number of imidazole rings is 1. The third-order valence-electron chi connectivity index (χ3n) is 1.78. The molecular weight excluding hydrogens is 160 g/mol. The Kier molecular flexibility index (Phi) is 1.87. The van der Waals surface area contributed by atoms with Crippen molar-refractivity contribution in [1.82, 2.24) is 9.55 Å². The molecule has 0 unspecified atom stereocenters. The van der Waals surface area contributed by atoms with E-state index in [4.69, 9.17) is 5.11 Å². The molecule has 11 heavy (non-hydrogen) atoms. The zero-order chi connectivity index (χ0) is 7.68. The van der Waals surface area contributed by atoms with Gasteiger partial charge in [0.15, 0.2) is 0 Å². The summed E-state index contributed by atoms with van der Waals surface area (Å²) in [6.07, 6.45) is 1.94. The predicted molar refractivity (Wildman–Crippen MR) is 44.3 cm³/mol. The average molecular weight is 170 g/mol. The quantitative estimate of drug-likeness (QED) is 0.671. The first kappa shape index (κ1) is 7.18. The minimum Gasteiger partial charge on any atom is -0.390 e. The van der Waals surface area contributed by atoms with E-state index in [1.807, 2.05) is 18.0 Å². The molecule has 3 nitrogen and oxygen atoms in total. The second-order valence-corrected chi connectivity index (χ2v) is 3.66. The molecule has 0 fully saturated rings. The largest absolute Gasteiger partial charge is 0.390 e. The van der Waals surface area contributed by atoms with Crippen LogP contribution in [0, 0.1) is 0 Å². The van der Waals surface area contributed by atoms with Gasteiger partial charge in [0, 0.05) is 18.5 Å². The third kappa shape index (κ3) is 1.28. The minimum atomic E-state index is 0.0602. The molecule has 0 bridgehead atoms. The fraction of sp³-hybridized carbons (Fsp3) is 0.571. The zero-order valence-electron chi connectivity index (χ0n) is 6.16. The molecule has 0 aromatic carbocycles. The SMILES string of the molecule is OCc1cn2c(n1)CSCC2. The summed E-state index contributed by atoms with van der Waals surface area (Å²) in [5, 5.41) is 8.80. The maximum absolute atomic E-state index is 8.80. The fourth-order valence-corrected chi connectivity index (χ4v) is 2.11.